The van der Waals surface area contributed by atoms with Crippen LogP contribution in [-0.2, 0) is 4.79 Å². The fourth-order valence-corrected chi connectivity index (χ4v) is 1.04. The number of amides is 1. The normalized spacial score (nSPS) is 8.63. The van der Waals surface area contributed by atoms with Crippen molar-refractivity contribution in [1.82, 2.24) is 29.9 Å². The second-order valence-electron chi connectivity index (χ2n) is 2.90. The Kier molecular flexibility index (Phi) is 5.92. The van der Waals surface area contributed by atoms with Gasteiger partial charge in [-0.15, -0.1) is 0 Å². The van der Waals surface area contributed by atoms with E-state index < -0.39 is 0 Å². The van der Waals surface area contributed by atoms with Crippen LogP contribution in [0.25, 0.3) is 11.2 Å². The molecular weight excluding hydrogens is 248 g/mol. The molecular formula is C10H12N8O. The van der Waals surface area contributed by atoms with Gasteiger partial charge in [0.1, 0.15) is 18.2 Å². The minimum absolute atomic E-state index is 0.250. The molecule has 9 heteroatoms. The SMILES string of the molecule is NC=O.Nc1ncnc2nc[nH]c12.c1cncnc1. The summed E-state index contributed by atoms with van der Waals surface area (Å²) in [6.45, 7) is 0. The van der Waals surface area contributed by atoms with Crippen LogP contribution in [0.1, 0.15) is 0 Å². The van der Waals surface area contributed by atoms with Gasteiger partial charge in [-0.25, -0.2) is 24.9 Å². The Hall–Kier alpha value is -3.10. The summed E-state index contributed by atoms with van der Waals surface area (Å²) in [6, 6.07) is 1.78. The Labute approximate surface area is 108 Å². The third-order valence-corrected chi connectivity index (χ3v) is 1.73. The van der Waals surface area contributed by atoms with Crippen LogP contribution in [0.2, 0.25) is 0 Å². The highest BCUT2D eigenvalue weighted by atomic mass is 16.1. The molecule has 19 heavy (non-hydrogen) atoms. The first-order chi connectivity index (χ1) is 9.29. The van der Waals surface area contributed by atoms with Crippen LogP contribution in [0.15, 0.2) is 37.4 Å². The first-order valence-corrected chi connectivity index (χ1v) is 5.04. The smallest absolute Gasteiger partial charge is 0.204 e. The van der Waals surface area contributed by atoms with Crippen LogP contribution in [0, 0.1) is 0 Å². The van der Waals surface area contributed by atoms with E-state index in [9.17, 15) is 0 Å². The number of hydrogen-bond donors (Lipinski definition) is 3. The molecule has 0 spiro atoms. The van der Waals surface area contributed by atoms with E-state index in [0.717, 1.165) is 0 Å². The quantitative estimate of drug-likeness (QED) is 0.461. The number of fused-ring (bicyclic) bond motifs is 1. The van der Waals surface area contributed by atoms with E-state index in [1.807, 2.05) is 0 Å². The number of imidazole rings is 1. The highest BCUT2D eigenvalue weighted by molar-refractivity contribution is 5.80. The van der Waals surface area contributed by atoms with Crippen molar-refractivity contribution in [3.8, 4) is 0 Å². The predicted molar refractivity (Wildman–Crippen MR) is 68.4 cm³/mol. The first-order valence-electron chi connectivity index (χ1n) is 5.04. The summed E-state index contributed by atoms with van der Waals surface area (Å²) < 4.78 is 0. The highest BCUT2D eigenvalue weighted by Gasteiger charge is 1.99. The average molecular weight is 260 g/mol. The van der Waals surface area contributed by atoms with Gasteiger partial charge in [-0.2, -0.15) is 0 Å². The molecule has 0 aromatic carbocycles. The third-order valence-electron chi connectivity index (χ3n) is 1.73. The van der Waals surface area contributed by atoms with Crippen LogP contribution in [-0.4, -0.2) is 36.3 Å². The van der Waals surface area contributed by atoms with Crippen LogP contribution < -0.4 is 11.5 Å². The fourth-order valence-electron chi connectivity index (χ4n) is 1.04. The summed E-state index contributed by atoms with van der Waals surface area (Å²) in [5.41, 5.74) is 10.9. The number of rotatable bonds is 0. The Morgan fingerprint density at radius 3 is 2.26 bits per heavy atom. The second kappa shape index (κ2) is 8.06. The van der Waals surface area contributed by atoms with Crippen molar-refractivity contribution in [3.63, 3.8) is 0 Å². The fraction of sp³-hybridized carbons (Fsp3) is 0. The molecule has 0 saturated carbocycles. The summed E-state index contributed by atoms with van der Waals surface area (Å²) in [5.74, 6) is 0.433. The number of aromatic nitrogens is 6. The minimum Gasteiger partial charge on any atom is -0.382 e. The molecule has 0 saturated heterocycles. The molecule has 0 radical (unpaired) electrons. The molecule has 1 amide bonds. The van der Waals surface area contributed by atoms with Gasteiger partial charge in [0.15, 0.2) is 11.5 Å². The number of nitrogens with two attached hydrogens (primary N) is 2. The monoisotopic (exact) mass is 260 g/mol. The largest absolute Gasteiger partial charge is 0.382 e. The summed E-state index contributed by atoms with van der Waals surface area (Å²) >= 11 is 0. The maximum absolute atomic E-state index is 8.58. The minimum atomic E-state index is 0.250. The number of primary amides is 1. The molecule has 0 bridgehead atoms. The van der Waals surface area contributed by atoms with Gasteiger partial charge in [0.05, 0.1) is 6.33 Å². The zero-order valence-electron chi connectivity index (χ0n) is 9.84. The van der Waals surface area contributed by atoms with Gasteiger partial charge < -0.3 is 16.5 Å². The third kappa shape index (κ3) is 4.73. The number of anilines is 1. The van der Waals surface area contributed by atoms with Gasteiger partial charge in [-0.1, -0.05) is 0 Å². The van der Waals surface area contributed by atoms with E-state index in [-0.39, 0.29) is 6.41 Å². The van der Waals surface area contributed by atoms with Crippen molar-refractivity contribution in [1.29, 1.82) is 0 Å². The zero-order chi connectivity index (χ0) is 13.9. The Bertz CT molecular complexity index is 570. The van der Waals surface area contributed by atoms with Gasteiger partial charge in [-0.3, -0.25) is 4.79 Å². The summed E-state index contributed by atoms with van der Waals surface area (Å²) in [5, 5.41) is 0. The molecule has 3 aromatic heterocycles. The van der Waals surface area contributed by atoms with Crippen molar-refractivity contribution < 1.29 is 4.79 Å². The second-order valence-corrected chi connectivity index (χ2v) is 2.90. The number of nitrogens with one attached hydrogen (secondary N) is 1. The van der Waals surface area contributed by atoms with E-state index in [4.69, 9.17) is 10.5 Å². The van der Waals surface area contributed by atoms with Gasteiger partial charge in [0, 0.05) is 12.4 Å². The van der Waals surface area contributed by atoms with Gasteiger partial charge in [0.2, 0.25) is 6.41 Å². The molecule has 0 atom stereocenters. The lowest BCUT2D eigenvalue weighted by molar-refractivity contribution is -0.106. The number of aromatic amines is 1. The van der Waals surface area contributed by atoms with E-state index >= 15 is 0 Å². The number of hydrogen-bond acceptors (Lipinski definition) is 7. The van der Waals surface area contributed by atoms with Gasteiger partial charge in [-0.05, 0) is 6.07 Å². The van der Waals surface area contributed by atoms with Gasteiger partial charge in [0.25, 0.3) is 0 Å². The Morgan fingerprint density at radius 2 is 1.79 bits per heavy atom. The lowest BCUT2D eigenvalue weighted by atomic mass is 10.5. The molecule has 9 nitrogen and oxygen atoms in total. The van der Waals surface area contributed by atoms with Crippen molar-refractivity contribution in [2.75, 3.05) is 5.73 Å². The van der Waals surface area contributed by atoms with Crippen molar-refractivity contribution in [2.45, 2.75) is 0 Å². The molecule has 0 aliphatic heterocycles. The first kappa shape index (κ1) is 14.0. The lowest BCUT2D eigenvalue weighted by Crippen LogP contribution is -1.91. The molecule has 0 aliphatic rings. The van der Waals surface area contributed by atoms with Crippen molar-refractivity contribution in [2.24, 2.45) is 5.73 Å². The van der Waals surface area contributed by atoms with Crippen molar-refractivity contribution >= 4 is 23.4 Å². The number of nitrogen functional groups attached to an aromatic ring is 1. The lowest BCUT2D eigenvalue weighted by Gasteiger charge is -1.89. The molecule has 3 heterocycles. The number of carbonyl (C=O) groups excluding carboxylic acids is 1. The van der Waals surface area contributed by atoms with E-state index in [0.29, 0.717) is 17.0 Å². The van der Waals surface area contributed by atoms with Crippen molar-refractivity contribution in [3.05, 3.63) is 37.4 Å². The Balaban J connectivity index is 0.000000172. The van der Waals surface area contributed by atoms with E-state index in [1.54, 1.807) is 18.5 Å². The molecule has 0 aliphatic carbocycles. The molecule has 3 rings (SSSR count). The summed E-state index contributed by atoms with van der Waals surface area (Å²) in [7, 11) is 0. The molecule has 0 fully saturated rings. The highest BCUT2D eigenvalue weighted by Crippen LogP contribution is 2.09. The van der Waals surface area contributed by atoms with Crippen LogP contribution in [0.3, 0.4) is 0 Å². The average Bonchev–Trinajstić information content (AvgIpc) is 2.92. The summed E-state index contributed by atoms with van der Waals surface area (Å²) in [6.07, 6.45) is 8.05. The standard InChI is InChI=1S/C5H5N5.C4H4N2.CH3NO/c6-4-3-5(9-1-7-3)10-2-8-4;1-2-5-4-6-3-1;2-1-3/h1-2H,(H3,6,7,8,9,10);1-4H;1H,(H2,2,3). The molecule has 3 aromatic rings. The molecule has 5 N–H and O–H groups in total. The number of carbonyl (C=O) groups is 1. The maximum atomic E-state index is 8.58. The Morgan fingerprint density at radius 1 is 1.11 bits per heavy atom. The number of nitrogens with zero attached hydrogens (tertiary/aromatic N) is 5. The number of H-pyrrole nitrogens is 1. The van der Waals surface area contributed by atoms with Crippen LogP contribution >= 0.6 is 0 Å². The van der Waals surface area contributed by atoms with Gasteiger partial charge >= 0.3 is 0 Å². The van der Waals surface area contributed by atoms with E-state index in [2.05, 4.69) is 35.6 Å². The van der Waals surface area contributed by atoms with Crippen LogP contribution in [0.5, 0.6) is 0 Å². The molecule has 98 valence electrons. The topological polar surface area (TPSA) is 149 Å². The predicted octanol–water partition coefficient (Wildman–Crippen LogP) is -0.487. The summed E-state index contributed by atoms with van der Waals surface area (Å²) in [4.78, 5) is 30.3. The molecule has 0 unspecified atom stereocenters. The van der Waals surface area contributed by atoms with E-state index in [1.165, 1.54) is 19.0 Å². The van der Waals surface area contributed by atoms with Crippen LogP contribution in [0.4, 0.5) is 5.82 Å². The zero-order valence-corrected chi connectivity index (χ0v) is 9.84. The maximum Gasteiger partial charge on any atom is 0.204 e.